The van der Waals surface area contributed by atoms with E-state index >= 15 is 0 Å². The number of pyridine rings is 1. The third-order valence-corrected chi connectivity index (χ3v) is 2.18. The summed E-state index contributed by atoms with van der Waals surface area (Å²) in [6, 6.07) is 1.35. The number of carbonyl (C=O) groups is 1. The number of hydrogen-bond acceptors (Lipinski definition) is 3. The molecule has 0 saturated carbocycles. The standard InChI is InChI=1S/C10H9BrFNO3/c1-3-16-5(2)6-4-7(11)13-9(12)8(6)10(14)15/h4H,2-3H2,1H3,(H,14,15). The van der Waals surface area contributed by atoms with Crippen LogP contribution < -0.4 is 0 Å². The molecule has 0 aliphatic heterocycles. The summed E-state index contributed by atoms with van der Waals surface area (Å²) in [7, 11) is 0. The number of carboxylic acids is 1. The van der Waals surface area contributed by atoms with Gasteiger partial charge in [0.05, 0.1) is 6.61 Å². The third-order valence-electron chi connectivity index (χ3n) is 1.78. The molecule has 0 aromatic carbocycles. The number of hydrogen-bond donors (Lipinski definition) is 1. The van der Waals surface area contributed by atoms with Crippen molar-refractivity contribution in [3.05, 3.63) is 34.3 Å². The highest BCUT2D eigenvalue weighted by Crippen LogP contribution is 2.24. The summed E-state index contributed by atoms with van der Waals surface area (Å²) in [5.74, 6) is -2.38. The van der Waals surface area contributed by atoms with Gasteiger partial charge >= 0.3 is 5.97 Å². The van der Waals surface area contributed by atoms with E-state index in [0.717, 1.165) is 0 Å². The number of ether oxygens (including phenoxy) is 1. The zero-order valence-corrected chi connectivity index (χ0v) is 10.0. The fourth-order valence-corrected chi connectivity index (χ4v) is 1.54. The van der Waals surface area contributed by atoms with E-state index in [1.54, 1.807) is 6.92 Å². The number of halogens is 2. The van der Waals surface area contributed by atoms with Crippen LogP contribution in [-0.2, 0) is 4.74 Å². The summed E-state index contributed by atoms with van der Waals surface area (Å²) < 4.78 is 18.6. The van der Waals surface area contributed by atoms with E-state index in [2.05, 4.69) is 27.5 Å². The molecule has 0 atom stereocenters. The van der Waals surface area contributed by atoms with Crippen LogP contribution in [0.3, 0.4) is 0 Å². The Morgan fingerprint density at radius 3 is 2.88 bits per heavy atom. The Balaban J connectivity index is 3.35. The Bertz CT molecular complexity index is 448. The Kier molecular flexibility index (Phi) is 4.00. The topological polar surface area (TPSA) is 59.4 Å². The quantitative estimate of drug-likeness (QED) is 0.684. The molecule has 16 heavy (non-hydrogen) atoms. The van der Waals surface area contributed by atoms with Crippen LogP contribution in [-0.4, -0.2) is 22.7 Å². The molecule has 1 heterocycles. The second-order valence-corrected chi connectivity index (χ2v) is 3.63. The van der Waals surface area contributed by atoms with Crippen molar-refractivity contribution in [2.45, 2.75) is 6.92 Å². The average molecular weight is 290 g/mol. The molecule has 0 aliphatic carbocycles. The van der Waals surface area contributed by atoms with E-state index in [4.69, 9.17) is 9.84 Å². The number of nitrogens with zero attached hydrogens (tertiary/aromatic N) is 1. The van der Waals surface area contributed by atoms with E-state index in [0.29, 0.717) is 6.61 Å². The molecule has 0 radical (unpaired) electrons. The van der Waals surface area contributed by atoms with Crippen molar-refractivity contribution >= 4 is 27.7 Å². The van der Waals surface area contributed by atoms with E-state index < -0.39 is 17.5 Å². The van der Waals surface area contributed by atoms with Crippen LogP contribution in [0.15, 0.2) is 17.2 Å². The summed E-state index contributed by atoms with van der Waals surface area (Å²) in [6.07, 6.45) is 0. The maximum absolute atomic E-state index is 13.3. The van der Waals surface area contributed by atoms with Gasteiger partial charge in [-0.25, -0.2) is 9.78 Å². The lowest BCUT2D eigenvalue weighted by Gasteiger charge is -2.10. The van der Waals surface area contributed by atoms with Gasteiger partial charge in [0.2, 0.25) is 5.95 Å². The number of rotatable bonds is 4. The van der Waals surface area contributed by atoms with Gasteiger partial charge in [-0.2, -0.15) is 4.39 Å². The second-order valence-electron chi connectivity index (χ2n) is 2.82. The van der Waals surface area contributed by atoms with Crippen LogP contribution in [0.2, 0.25) is 0 Å². The molecule has 0 amide bonds. The molecule has 0 bridgehead atoms. The molecular formula is C10H9BrFNO3. The predicted octanol–water partition coefficient (Wildman–Crippen LogP) is 2.69. The van der Waals surface area contributed by atoms with Crippen LogP contribution in [0.25, 0.3) is 5.76 Å². The van der Waals surface area contributed by atoms with Gasteiger partial charge in [0.25, 0.3) is 0 Å². The van der Waals surface area contributed by atoms with Gasteiger partial charge in [0.15, 0.2) is 0 Å². The number of aromatic nitrogens is 1. The predicted molar refractivity (Wildman–Crippen MR) is 59.5 cm³/mol. The number of aromatic carboxylic acids is 1. The average Bonchev–Trinajstić information content (AvgIpc) is 2.15. The van der Waals surface area contributed by atoms with Crippen molar-refractivity contribution in [2.75, 3.05) is 6.61 Å². The van der Waals surface area contributed by atoms with Crippen LogP contribution >= 0.6 is 15.9 Å². The van der Waals surface area contributed by atoms with Crippen molar-refractivity contribution in [3.63, 3.8) is 0 Å². The van der Waals surface area contributed by atoms with Gasteiger partial charge < -0.3 is 9.84 Å². The summed E-state index contributed by atoms with van der Waals surface area (Å²) in [5.41, 5.74) is -0.463. The maximum atomic E-state index is 13.3. The second kappa shape index (κ2) is 5.07. The lowest BCUT2D eigenvalue weighted by molar-refractivity contribution is 0.0689. The van der Waals surface area contributed by atoms with Gasteiger partial charge in [0.1, 0.15) is 15.9 Å². The first-order chi connectivity index (χ1) is 7.47. The SMILES string of the molecule is C=C(OCC)c1cc(Br)nc(F)c1C(=O)O. The van der Waals surface area contributed by atoms with Gasteiger partial charge in [-0.05, 0) is 28.9 Å². The first kappa shape index (κ1) is 12.6. The fourth-order valence-electron chi connectivity index (χ4n) is 1.16. The monoisotopic (exact) mass is 289 g/mol. The molecule has 0 fully saturated rings. The Hall–Kier alpha value is -1.43. The van der Waals surface area contributed by atoms with E-state index in [1.165, 1.54) is 6.07 Å². The Labute approximate surface area is 99.9 Å². The zero-order chi connectivity index (χ0) is 12.3. The zero-order valence-electron chi connectivity index (χ0n) is 8.46. The normalized spacial score (nSPS) is 9.94. The summed E-state index contributed by atoms with van der Waals surface area (Å²) in [5, 5.41) is 8.86. The molecule has 0 aliphatic rings. The number of carboxylic acid groups (broad SMARTS) is 1. The first-order valence-electron chi connectivity index (χ1n) is 4.38. The highest BCUT2D eigenvalue weighted by Gasteiger charge is 2.20. The minimum Gasteiger partial charge on any atom is -0.494 e. The van der Waals surface area contributed by atoms with Crippen LogP contribution in [0.5, 0.6) is 0 Å². The van der Waals surface area contributed by atoms with Crippen molar-refractivity contribution in [1.29, 1.82) is 0 Å². The Morgan fingerprint density at radius 2 is 2.38 bits per heavy atom. The molecule has 1 N–H and O–H groups in total. The molecule has 0 spiro atoms. The molecule has 1 rings (SSSR count). The summed E-state index contributed by atoms with van der Waals surface area (Å²) in [4.78, 5) is 14.2. The van der Waals surface area contributed by atoms with Crippen molar-refractivity contribution in [3.8, 4) is 0 Å². The molecule has 1 aromatic heterocycles. The largest absolute Gasteiger partial charge is 0.494 e. The van der Waals surface area contributed by atoms with Gasteiger partial charge in [-0.3, -0.25) is 0 Å². The highest BCUT2D eigenvalue weighted by atomic mass is 79.9. The van der Waals surface area contributed by atoms with Crippen molar-refractivity contribution < 1.29 is 19.0 Å². The lowest BCUT2D eigenvalue weighted by Crippen LogP contribution is -2.08. The maximum Gasteiger partial charge on any atom is 0.341 e. The van der Waals surface area contributed by atoms with Gasteiger partial charge in [0, 0.05) is 5.56 Å². The molecule has 6 heteroatoms. The smallest absolute Gasteiger partial charge is 0.341 e. The molecule has 86 valence electrons. The minimum absolute atomic E-state index is 0.0775. The first-order valence-corrected chi connectivity index (χ1v) is 5.18. The van der Waals surface area contributed by atoms with E-state index in [-0.39, 0.29) is 15.9 Å². The van der Waals surface area contributed by atoms with Crippen molar-refractivity contribution in [2.24, 2.45) is 0 Å². The molecule has 4 nitrogen and oxygen atoms in total. The Morgan fingerprint density at radius 1 is 1.75 bits per heavy atom. The molecule has 0 saturated heterocycles. The summed E-state index contributed by atoms with van der Waals surface area (Å²) >= 11 is 2.97. The lowest BCUT2D eigenvalue weighted by atomic mass is 10.1. The van der Waals surface area contributed by atoms with Gasteiger partial charge in [-0.1, -0.05) is 6.58 Å². The summed E-state index contributed by atoms with van der Waals surface area (Å²) in [6.45, 7) is 5.58. The van der Waals surface area contributed by atoms with Crippen molar-refractivity contribution in [1.82, 2.24) is 4.98 Å². The molecular weight excluding hydrogens is 281 g/mol. The van der Waals surface area contributed by atoms with Crippen LogP contribution in [0, 0.1) is 5.95 Å². The highest BCUT2D eigenvalue weighted by molar-refractivity contribution is 9.10. The van der Waals surface area contributed by atoms with Gasteiger partial charge in [-0.15, -0.1) is 0 Å². The molecule has 1 aromatic rings. The molecule has 0 unspecified atom stereocenters. The fraction of sp³-hybridized carbons (Fsp3) is 0.200. The van der Waals surface area contributed by atoms with Crippen LogP contribution in [0.4, 0.5) is 4.39 Å². The van der Waals surface area contributed by atoms with E-state index in [9.17, 15) is 9.18 Å². The van der Waals surface area contributed by atoms with E-state index in [1.807, 2.05) is 0 Å². The minimum atomic E-state index is -1.41. The van der Waals surface area contributed by atoms with Crippen LogP contribution in [0.1, 0.15) is 22.8 Å². The third kappa shape index (κ3) is 2.57.